The molecule has 0 aliphatic heterocycles. The van der Waals surface area contributed by atoms with Crippen LogP contribution in [0.4, 0.5) is 13.2 Å². The lowest BCUT2D eigenvalue weighted by Crippen LogP contribution is -1.88. The second-order valence-corrected chi connectivity index (χ2v) is 3.31. The average molecular weight is 267 g/mol. The molecule has 0 radical (unpaired) electrons. The standard InChI is InChI=1S/C9H10.CBrF3/c1-2-6-9-7-4-3-5-8-9;2-1(3,4)5/h2-5,7-8H,1,6H2;. The number of alkyl halides is 4. The van der Waals surface area contributed by atoms with Crippen LogP contribution >= 0.6 is 15.9 Å². The molecule has 0 nitrogen and oxygen atoms in total. The summed E-state index contributed by atoms with van der Waals surface area (Å²) < 4.78 is 30.8. The molecule has 0 aliphatic rings. The topological polar surface area (TPSA) is 0 Å². The summed E-state index contributed by atoms with van der Waals surface area (Å²) in [5, 5.41) is -4.19. The molecule has 0 spiro atoms. The molecule has 1 aromatic rings. The van der Waals surface area contributed by atoms with E-state index in [1.807, 2.05) is 24.3 Å². The Morgan fingerprint density at radius 3 is 2.00 bits per heavy atom. The molecule has 0 fully saturated rings. The van der Waals surface area contributed by atoms with Crippen LogP contribution in [0.15, 0.2) is 43.0 Å². The molecule has 0 bridgehead atoms. The lowest BCUT2D eigenvalue weighted by Gasteiger charge is -1.91. The van der Waals surface area contributed by atoms with Crippen molar-refractivity contribution in [3.05, 3.63) is 48.6 Å². The highest BCUT2D eigenvalue weighted by Crippen LogP contribution is 2.21. The van der Waals surface area contributed by atoms with Crippen molar-refractivity contribution >= 4 is 15.9 Å². The predicted molar refractivity (Wildman–Crippen MR) is 55.3 cm³/mol. The first-order valence-electron chi connectivity index (χ1n) is 3.84. The maximum absolute atomic E-state index is 10.3. The van der Waals surface area contributed by atoms with E-state index < -0.39 is 5.09 Å². The first-order valence-corrected chi connectivity index (χ1v) is 4.63. The van der Waals surface area contributed by atoms with Crippen molar-refractivity contribution in [2.45, 2.75) is 11.5 Å². The molecular weight excluding hydrogens is 257 g/mol. The largest absolute Gasteiger partial charge is 0.448 e. The highest BCUT2D eigenvalue weighted by atomic mass is 79.9. The molecule has 0 atom stereocenters. The summed E-state index contributed by atoms with van der Waals surface area (Å²) in [4.78, 5) is 0. The Morgan fingerprint density at radius 2 is 1.64 bits per heavy atom. The normalized spacial score (nSPS) is 10.0. The van der Waals surface area contributed by atoms with Gasteiger partial charge >= 0.3 is 5.09 Å². The minimum absolute atomic E-state index is 0.973. The van der Waals surface area contributed by atoms with Crippen LogP contribution in [0.5, 0.6) is 0 Å². The van der Waals surface area contributed by atoms with Crippen LogP contribution in [-0.2, 0) is 6.42 Å². The van der Waals surface area contributed by atoms with Gasteiger partial charge in [-0.1, -0.05) is 36.4 Å². The summed E-state index contributed by atoms with van der Waals surface area (Å²) in [5.74, 6) is 0. The van der Waals surface area contributed by atoms with Gasteiger partial charge in [0.15, 0.2) is 0 Å². The number of hydrogen-bond acceptors (Lipinski definition) is 0. The highest BCUT2D eigenvalue weighted by molar-refractivity contribution is 9.09. The molecule has 0 heterocycles. The summed E-state index contributed by atoms with van der Waals surface area (Å²) in [6, 6.07) is 10.3. The fourth-order valence-electron chi connectivity index (χ4n) is 0.781. The third-order valence-electron chi connectivity index (χ3n) is 1.22. The van der Waals surface area contributed by atoms with E-state index in [9.17, 15) is 13.2 Å². The third-order valence-corrected chi connectivity index (χ3v) is 1.22. The van der Waals surface area contributed by atoms with Gasteiger partial charge in [0, 0.05) is 15.9 Å². The first-order chi connectivity index (χ1) is 6.43. The lowest BCUT2D eigenvalue weighted by molar-refractivity contribution is -0.0245. The Labute approximate surface area is 89.6 Å². The van der Waals surface area contributed by atoms with Crippen LogP contribution in [0.2, 0.25) is 0 Å². The zero-order valence-electron chi connectivity index (χ0n) is 7.39. The van der Waals surface area contributed by atoms with Crippen molar-refractivity contribution in [2.75, 3.05) is 0 Å². The molecule has 78 valence electrons. The van der Waals surface area contributed by atoms with E-state index in [4.69, 9.17) is 0 Å². The molecule has 0 unspecified atom stereocenters. The second kappa shape index (κ2) is 6.65. The minimum atomic E-state index is -4.19. The van der Waals surface area contributed by atoms with Crippen molar-refractivity contribution in [1.29, 1.82) is 0 Å². The maximum Gasteiger partial charge on any atom is 0.448 e. The minimum Gasteiger partial charge on any atom is -0.160 e. The van der Waals surface area contributed by atoms with Crippen molar-refractivity contribution in [3.8, 4) is 0 Å². The van der Waals surface area contributed by atoms with E-state index in [0.717, 1.165) is 6.42 Å². The quantitative estimate of drug-likeness (QED) is 0.553. The SMILES string of the molecule is C=CCc1ccccc1.FC(F)(F)Br. The van der Waals surface area contributed by atoms with Gasteiger partial charge in [-0.05, 0) is 12.0 Å². The van der Waals surface area contributed by atoms with Crippen molar-refractivity contribution in [2.24, 2.45) is 0 Å². The van der Waals surface area contributed by atoms with Crippen LogP contribution in [0.25, 0.3) is 0 Å². The van der Waals surface area contributed by atoms with E-state index in [-0.39, 0.29) is 0 Å². The van der Waals surface area contributed by atoms with Crippen LogP contribution in [0.1, 0.15) is 5.56 Å². The van der Waals surface area contributed by atoms with Gasteiger partial charge in [0.25, 0.3) is 0 Å². The van der Waals surface area contributed by atoms with Crippen molar-refractivity contribution in [1.82, 2.24) is 0 Å². The molecular formula is C10H10BrF3. The third kappa shape index (κ3) is 11.2. The second-order valence-electron chi connectivity index (χ2n) is 2.41. The molecule has 0 aromatic heterocycles. The summed E-state index contributed by atoms with van der Waals surface area (Å²) in [6.45, 7) is 3.66. The van der Waals surface area contributed by atoms with E-state index in [1.54, 1.807) is 0 Å². The Bertz CT molecular complexity index is 248. The maximum atomic E-state index is 10.3. The van der Waals surface area contributed by atoms with E-state index >= 15 is 0 Å². The Balaban J connectivity index is 0.000000292. The molecule has 0 saturated heterocycles. The van der Waals surface area contributed by atoms with Gasteiger partial charge in [0.2, 0.25) is 0 Å². The Kier molecular flexibility index (Phi) is 6.28. The molecule has 4 heteroatoms. The van der Waals surface area contributed by atoms with Crippen molar-refractivity contribution < 1.29 is 13.2 Å². The molecule has 0 amide bonds. The van der Waals surface area contributed by atoms with Crippen LogP contribution in [0, 0.1) is 0 Å². The smallest absolute Gasteiger partial charge is 0.160 e. The molecule has 14 heavy (non-hydrogen) atoms. The Morgan fingerprint density at radius 1 is 1.21 bits per heavy atom. The van der Waals surface area contributed by atoms with Crippen molar-refractivity contribution in [3.63, 3.8) is 0 Å². The van der Waals surface area contributed by atoms with Crippen LogP contribution < -0.4 is 0 Å². The summed E-state index contributed by atoms with van der Waals surface area (Å²) >= 11 is 1.38. The number of rotatable bonds is 2. The monoisotopic (exact) mass is 266 g/mol. The van der Waals surface area contributed by atoms with Gasteiger partial charge in [-0.15, -0.1) is 6.58 Å². The number of hydrogen-bond donors (Lipinski definition) is 0. The first kappa shape index (κ1) is 13.2. The van der Waals surface area contributed by atoms with Gasteiger partial charge in [0.05, 0.1) is 0 Å². The van der Waals surface area contributed by atoms with Gasteiger partial charge in [-0.2, -0.15) is 13.2 Å². The number of halogens is 4. The number of benzene rings is 1. The molecule has 1 aromatic carbocycles. The van der Waals surface area contributed by atoms with Gasteiger partial charge in [0.1, 0.15) is 0 Å². The van der Waals surface area contributed by atoms with Gasteiger partial charge in [-0.25, -0.2) is 0 Å². The zero-order valence-corrected chi connectivity index (χ0v) is 8.98. The van der Waals surface area contributed by atoms with Gasteiger partial charge < -0.3 is 0 Å². The highest BCUT2D eigenvalue weighted by Gasteiger charge is 2.19. The van der Waals surface area contributed by atoms with Crippen LogP contribution in [-0.4, -0.2) is 5.09 Å². The summed E-state index contributed by atoms with van der Waals surface area (Å²) in [7, 11) is 0. The van der Waals surface area contributed by atoms with E-state index in [1.165, 1.54) is 21.5 Å². The fourth-order valence-corrected chi connectivity index (χ4v) is 0.781. The lowest BCUT2D eigenvalue weighted by atomic mass is 10.2. The summed E-state index contributed by atoms with van der Waals surface area (Å²) in [5.41, 5.74) is 1.33. The van der Waals surface area contributed by atoms with Crippen LogP contribution in [0.3, 0.4) is 0 Å². The van der Waals surface area contributed by atoms with Gasteiger partial charge in [-0.3, -0.25) is 0 Å². The summed E-state index contributed by atoms with van der Waals surface area (Å²) in [6.07, 6.45) is 2.89. The van der Waals surface area contributed by atoms with E-state index in [0.29, 0.717) is 0 Å². The van der Waals surface area contributed by atoms with E-state index in [2.05, 4.69) is 18.7 Å². The molecule has 0 saturated carbocycles. The average Bonchev–Trinajstić information content (AvgIpc) is 2.03. The number of allylic oxidation sites excluding steroid dienone is 1. The zero-order chi connectivity index (χ0) is 11.0. The molecule has 0 N–H and O–H groups in total. The molecule has 0 aliphatic carbocycles. The fraction of sp³-hybridized carbons (Fsp3) is 0.200. The predicted octanol–water partition coefficient (Wildman–Crippen LogP) is 4.32. The molecule has 1 rings (SSSR count). The Hall–Kier alpha value is -0.770.